The first-order valence-corrected chi connectivity index (χ1v) is 7.65. The Labute approximate surface area is 132 Å². The van der Waals surface area contributed by atoms with Crippen LogP contribution in [0.1, 0.15) is 20.8 Å². The van der Waals surface area contributed by atoms with Crippen LogP contribution in [0.2, 0.25) is 0 Å². The number of aryl methyl sites for hydroxylation is 1. The number of hydrogen-bond acceptors (Lipinski definition) is 5. The second-order valence-electron chi connectivity index (χ2n) is 4.92. The van der Waals surface area contributed by atoms with Crippen molar-refractivity contribution in [3.63, 3.8) is 0 Å². The Balaban J connectivity index is 1.85. The molecular formula is C17H15N3OS. The maximum absolute atomic E-state index is 12.4. The second kappa shape index (κ2) is 5.99. The summed E-state index contributed by atoms with van der Waals surface area (Å²) in [6.45, 7) is 2.03. The summed E-state index contributed by atoms with van der Waals surface area (Å²) in [6.07, 6.45) is 0. The molecule has 3 N–H and O–H groups in total. The van der Waals surface area contributed by atoms with Crippen LogP contribution >= 0.6 is 11.3 Å². The molecule has 0 aliphatic heterocycles. The van der Waals surface area contributed by atoms with Crippen LogP contribution in [0.15, 0.2) is 54.6 Å². The van der Waals surface area contributed by atoms with Gasteiger partial charge in [0.25, 0.3) is 0 Å². The largest absolute Gasteiger partial charge is 0.382 e. The van der Waals surface area contributed by atoms with Gasteiger partial charge < -0.3 is 11.1 Å². The number of nitrogen functional groups attached to an aromatic ring is 1. The number of benzene rings is 2. The van der Waals surface area contributed by atoms with Crippen molar-refractivity contribution in [2.45, 2.75) is 6.92 Å². The zero-order valence-electron chi connectivity index (χ0n) is 12.0. The average Bonchev–Trinajstić information content (AvgIpc) is 2.90. The molecule has 1 heterocycles. The number of hydrogen-bond donors (Lipinski definition) is 2. The van der Waals surface area contributed by atoms with Gasteiger partial charge in [0.2, 0.25) is 5.78 Å². The maximum atomic E-state index is 12.4. The van der Waals surface area contributed by atoms with Gasteiger partial charge in [-0.05, 0) is 19.1 Å². The fourth-order valence-corrected chi connectivity index (χ4v) is 2.90. The van der Waals surface area contributed by atoms with Crippen molar-refractivity contribution >= 4 is 33.8 Å². The van der Waals surface area contributed by atoms with E-state index in [0.29, 0.717) is 15.6 Å². The Morgan fingerprint density at radius 1 is 1.09 bits per heavy atom. The minimum atomic E-state index is -0.104. The van der Waals surface area contributed by atoms with Gasteiger partial charge >= 0.3 is 0 Å². The van der Waals surface area contributed by atoms with Crippen LogP contribution in [-0.4, -0.2) is 10.8 Å². The first-order chi connectivity index (χ1) is 10.6. The van der Waals surface area contributed by atoms with Crippen LogP contribution in [0.4, 0.5) is 16.6 Å². The first kappa shape index (κ1) is 14.3. The Morgan fingerprint density at radius 2 is 1.77 bits per heavy atom. The number of ketones is 1. The van der Waals surface area contributed by atoms with E-state index in [1.165, 1.54) is 16.9 Å². The summed E-state index contributed by atoms with van der Waals surface area (Å²) in [5.41, 5.74) is 8.61. The third-order valence-corrected chi connectivity index (χ3v) is 4.18. The number of carbonyl (C=O) groups is 1. The van der Waals surface area contributed by atoms with Gasteiger partial charge in [0.15, 0.2) is 5.13 Å². The predicted octanol–water partition coefficient (Wildman–Crippen LogP) is 4.01. The van der Waals surface area contributed by atoms with E-state index in [1.807, 2.05) is 49.4 Å². The third-order valence-electron chi connectivity index (χ3n) is 3.20. The number of thiazole rings is 1. The van der Waals surface area contributed by atoms with Crippen LogP contribution in [0, 0.1) is 6.92 Å². The van der Waals surface area contributed by atoms with Gasteiger partial charge in [-0.25, -0.2) is 4.98 Å². The molecule has 4 nitrogen and oxygen atoms in total. The zero-order chi connectivity index (χ0) is 15.5. The summed E-state index contributed by atoms with van der Waals surface area (Å²) in [7, 11) is 0. The van der Waals surface area contributed by atoms with Gasteiger partial charge in [0, 0.05) is 11.3 Å². The molecule has 0 aliphatic rings. The van der Waals surface area contributed by atoms with Crippen molar-refractivity contribution < 1.29 is 4.79 Å². The van der Waals surface area contributed by atoms with Crippen LogP contribution < -0.4 is 11.1 Å². The maximum Gasteiger partial charge on any atom is 0.206 e. The molecule has 0 fully saturated rings. The lowest BCUT2D eigenvalue weighted by Crippen LogP contribution is -2.02. The molecule has 3 rings (SSSR count). The number of nitrogens with zero attached hydrogens (tertiary/aromatic N) is 1. The van der Waals surface area contributed by atoms with Gasteiger partial charge in [-0.3, -0.25) is 4.79 Å². The summed E-state index contributed by atoms with van der Waals surface area (Å²) in [5.74, 6) is 0.154. The molecule has 2 aromatic carbocycles. The Kier molecular flexibility index (Phi) is 3.89. The van der Waals surface area contributed by atoms with E-state index >= 15 is 0 Å². The Morgan fingerprint density at radius 3 is 2.45 bits per heavy atom. The lowest BCUT2D eigenvalue weighted by Gasteiger charge is -2.02. The minimum absolute atomic E-state index is 0.104. The lowest BCUT2D eigenvalue weighted by atomic mass is 10.1. The molecule has 5 heteroatoms. The summed E-state index contributed by atoms with van der Waals surface area (Å²) in [5, 5.41) is 3.79. The van der Waals surface area contributed by atoms with Gasteiger partial charge in [0.05, 0.1) is 0 Å². The third kappa shape index (κ3) is 2.99. The smallest absolute Gasteiger partial charge is 0.206 e. The molecule has 0 atom stereocenters. The van der Waals surface area contributed by atoms with E-state index in [9.17, 15) is 4.79 Å². The molecule has 0 amide bonds. The van der Waals surface area contributed by atoms with E-state index in [-0.39, 0.29) is 11.6 Å². The monoisotopic (exact) mass is 309 g/mol. The molecule has 110 valence electrons. The van der Waals surface area contributed by atoms with Gasteiger partial charge in [-0.15, -0.1) is 0 Å². The standard InChI is InChI=1S/C17H15N3OS/c1-11-7-9-13(10-8-11)19-17-20-16(18)15(22-17)14(21)12-5-3-2-4-6-12/h2-10H,18H2,1H3,(H,19,20). The van der Waals surface area contributed by atoms with Crippen molar-refractivity contribution in [3.8, 4) is 0 Å². The number of nitrogens with two attached hydrogens (primary N) is 1. The highest BCUT2D eigenvalue weighted by atomic mass is 32.1. The van der Waals surface area contributed by atoms with Crippen LogP contribution in [0.5, 0.6) is 0 Å². The summed E-state index contributed by atoms with van der Waals surface area (Å²) >= 11 is 1.26. The molecular weight excluding hydrogens is 294 g/mol. The molecule has 0 saturated carbocycles. The summed E-state index contributed by atoms with van der Waals surface area (Å²) < 4.78 is 0. The molecule has 0 aliphatic carbocycles. The molecule has 0 radical (unpaired) electrons. The first-order valence-electron chi connectivity index (χ1n) is 6.83. The Hall–Kier alpha value is -2.66. The van der Waals surface area contributed by atoms with Crippen molar-refractivity contribution in [1.29, 1.82) is 0 Å². The molecule has 0 spiro atoms. The van der Waals surface area contributed by atoms with Gasteiger partial charge in [-0.2, -0.15) is 0 Å². The van der Waals surface area contributed by atoms with E-state index in [0.717, 1.165) is 5.69 Å². The SMILES string of the molecule is Cc1ccc(Nc2nc(N)c(C(=O)c3ccccc3)s2)cc1. The molecule has 0 bridgehead atoms. The number of carbonyl (C=O) groups excluding carboxylic acids is 1. The topological polar surface area (TPSA) is 68.0 Å². The highest BCUT2D eigenvalue weighted by molar-refractivity contribution is 7.18. The van der Waals surface area contributed by atoms with Crippen LogP contribution in [-0.2, 0) is 0 Å². The predicted molar refractivity (Wildman–Crippen MR) is 90.9 cm³/mol. The molecule has 22 heavy (non-hydrogen) atoms. The van der Waals surface area contributed by atoms with E-state index in [4.69, 9.17) is 5.73 Å². The summed E-state index contributed by atoms with van der Waals surface area (Å²) in [4.78, 5) is 17.1. The molecule has 0 saturated heterocycles. The quantitative estimate of drug-likeness (QED) is 0.715. The number of aromatic nitrogens is 1. The van der Waals surface area contributed by atoms with Crippen LogP contribution in [0.3, 0.4) is 0 Å². The van der Waals surface area contributed by atoms with Crippen molar-refractivity contribution in [2.75, 3.05) is 11.1 Å². The van der Waals surface area contributed by atoms with Crippen molar-refractivity contribution in [1.82, 2.24) is 4.98 Å². The van der Waals surface area contributed by atoms with Gasteiger partial charge in [-0.1, -0.05) is 59.4 Å². The van der Waals surface area contributed by atoms with E-state index in [1.54, 1.807) is 12.1 Å². The fourth-order valence-electron chi connectivity index (χ4n) is 2.03. The fraction of sp³-hybridized carbons (Fsp3) is 0.0588. The highest BCUT2D eigenvalue weighted by Crippen LogP contribution is 2.29. The second-order valence-corrected chi connectivity index (χ2v) is 5.92. The molecule has 3 aromatic rings. The van der Waals surface area contributed by atoms with Crippen molar-refractivity contribution in [3.05, 3.63) is 70.6 Å². The Bertz CT molecular complexity index is 795. The summed E-state index contributed by atoms with van der Waals surface area (Å²) in [6, 6.07) is 17.0. The van der Waals surface area contributed by atoms with Crippen LogP contribution in [0.25, 0.3) is 0 Å². The normalized spacial score (nSPS) is 10.4. The zero-order valence-corrected chi connectivity index (χ0v) is 12.9. The minimum Gasteiger partial charge on any atom is -0.382 e. The lowest BCUT2D eigenvalue weighted by molar-refractivity contribution is 0.104. The molecule has 0 unspecified atom stereocenters. The molecule has 1 aromatic heterocycles. The van der Waals surface area contributed by atoms with E-state index in [2.05, 4.69) is 10.3 Å². The highest BCUT2D eigenvalue weighted by Gasteiger charge is 2.17. The number of nitrogens with one attached hydrogen (secondary N) is 1. The number of rotatable bonds is 4. The van der Waals surface area contributed by atoms with Gasteiger partial charge in [0.1, 0.15) is 10.7 Å². The van der Waals surface area contributed by atoms with E-state index < -0.39 is 0 Å². The van der Waals surface area contributed by atoms with Crippen molar-refractivity contribution in [2.24, 2.45) is 0 Å². The average molecular weight is 309 g/mol. The number of anilines is 3.